The lowest BCUT2D eigenvalue weighted by atomic mass is 10.0. The lowest BCUT2D eigenvalue weighted by Gasteiger charge is -2.25. The Morgan fingerprint density at radius 2 is 2.33 bits per heavy atom. The van der Waals surface area contributed by atoms with Gasteiger partial charge < -0.3 is 14.8 Å². The third-order valence-corrected chi connectivity index (χ3v) is 4.88. The molecular formula is C13H21N3O4S. The van der Waals surface area contributed by atoms with Crippen molar-refractivity contribution in [3.8, 4) is 0 Å². The zero-order valence-electron chi connectivity index (χ0n) is 12.3. The molecule has 1 atom stereocenters. The molecule has 0 amide bonds. The molecule has 0 aliphatic carbocycles. The van der Waals surface area contributed by atoms with Gasteiger partial charge in [-0.1, -0.05) is 0 Å². The van der Waals surface area contributed by atoms with E-state index in [4.69, 9.17) is 9.47 Å². The van der Waals surface area contributed by atoms with Gasteiger partial charge in [0.2, 0.25) is 10.0 Å². The van der Waals surface area contributed by atoms with Crippen molar-refractivity contribution < 1.29 is 17.9 Å². The number of rotatable bonds is 7. The van der Waals surface area contributed by atoms with Crippen LogP contribution in [0.3, 0.4) is 0 Å². The van der Waals surface area contributed by atoms with Gasteiger partial charge in [-0.25, -0.2) is 18.1 Å². The minimum atomic E-state index is -3.60. The summed E-state index contributed by atoms with van der Waals surface area (Å²) in [4.78, 5) is 4.24. The fourth-order valence-corrected chi connectivity index (χ4v) is 3.25. The summed E-state index contributed by atoms with van der Waals surface area (Å²) in [5.74, 6) is 0.533. The van der Waals surface area contributed by atoms with Gasteiger partial charge in [0.25, 0.3) is 0 Å². The highest BCUT2D eigenvalue weighted by atomic mass is 32.2. The summed E-state index contributed by atoms with van der Waals surface area (Å²) in [6, 6.07) is 2.98. The molecule has 2 heterocycles. The second kappa shape index (κ2) is 6.69. The number of anilines is 1. The highest BCUT2D eigenvalue weighted by molar-refractivity contribution is 7.89. The molecule has 1 saturated heterocycles. The van der Waals surface area contributed by atoms with E-state index in [-0.39, 0.29) is 11.4 Å². The first-order valence-corrected chi connectivity index (χ1v) is 8.32. The zero-order valence-corrected chi connectivity index (χ0v) is 13.1. The summed E-state index contributed by atoms with van der Waals surface area (Å²) in [5, 5.41) is 2.99. The number of methoxy groups -OCH3 is 1. The topological polar surface area (TPSA) is 89.6 Å². The molecule has 1 aliphatic heterocycles. The van der Waals surface area contributed by atoms with Crippen LogP contribution in [0.4, 0.5) is 5.82 Å². The Morgan fingerprint density at radius 1 is 1.52 bits per heavy atom. The van der Waals surface area contributed by atoms with Gasteiger partial charge in [0.1, 0.15) is 11.4 Å². The molecule has 0 aromatic carbocycles. The van der Waals surface area contributed by atoms with Crippen LogP contribution in [0, 0.1) is 0 Å². The monoisotopic (exact) mass is 315 g/mol. The van der Waals surface area contributed by atoms with Crippen LogP contribution in [-0.4, -0.2) is 52.4 Å². The van der Waals surface area contributed by atoms with E-state index >= 15 is 0 Å². The maximum absolute atomic E-state index is 12.3. The van der Waals surface area contributed by atoms with Crippen LogP contribution in [0.5, 0.6) is 0 Å². The standard InChI is InChI=1S/C13H21N3O4S/c1-3-14-12-8-11(4-6-15-12)21(17,18)16-9-13(19-2)5-7-20-10-13/h4,6,8,16H,3,5,7,9-10H2,1-2H3,(H,14,15). The molecule has 1 aromatic rings. The highest BCUT2D eigenvalue weighted by Gasteiger charge is 2.36. The molecule has 2 N–H and O–H groups in total. The van der Waals surface area contributed by atoms with Crippen molar-refractivity contribution in [3.05, 3.63) is 18.3 Å². The second-order valence-corrected chi connectivity index (χ2v) is 6.69. The van der Waals surface area contributed by atoms with Gasteiger partial charge >= 0.3 is 0 Å². The van der Waals surface area contributed by atoms with Crippen LogP contribution in [0.2, 0.25) is 0 Å². The van der Waals surface area contributed by atoms with E-state index in [1.165, 1.54) is 18.3 Å². The van der Waals surface area contributed by atoms with Gasteiger partial charge in [0.15, 0.2) is 0 Å². The van der Waals surface area contributed by atoms with E-state index in [9.17, 15) is 8.42 Å². The Balaban J connectivity index is 2.09. The fraction of sp³-hybridized carbons (Fsp3) is 0.615. The normalized spacial score (nSPS) is 22.4. The molecule has 118 valence electrons. The van der Waals surface area contributed by atoms with Gasteiger partial charge in [-0.15, -0.1) is 0 Å². The number of ether oxygens (including phenoxy) is 2. The number of hydrogen-bond acceptors (Lipinski definition) is 6. The summed E-state index contributed by atoms with van der Waals surface area (Å²) in [6.45, 7) is 3.75. The van der Waals surface area contributed by atoms with E-state index in [0.717, 1.165) is 0 Å². The van der Waals surface area contributed by atoms with Crippen LogP contribution in [0.25, 0.3) is 0 Å². The van der Waals surface area contributed by atoms with Crippen molar-refractivity contribution in [2.75, 3.05) is 38.7 Å². The second-order valence-electron chi connectivity index (χ2n) is 4.92. The Morgan fingerprint density at radius 3 is 2.95 bits per heavy atom. The summed E-state index contributed by atoms with van der Waals surface area (Å²) in [6.07, 6.45) is 2.14. The van der Waals surface area contributed by atoms with E-state index in [1.54, 1.807) is 7.11 Å². The summed E-state index contributed by atoms with van der Waals surface area (Å²) < 4.78 is 38.0. The van der Waals surface area contributed by atoms with Gasteiger partial charge in [0, 0.05) is 45.5 Å². The predicted octanol–water partition coefficient (Wildman–Crippen LogP) is 0.597. The van der Waals surface area contributed by atoms with Crippen LogP contribution >= 0.6 is 0 Å². The SMILES string of the molecule is CCNc1cc(S(=O)(=O)NCC2(OC)CCOC2)ccn1. The molecule has 2 rings (SSSR count). The van der Waals surface area contributed by atoms with E-state index in [2.05, 4.69) is 15.0 Å². The molecule has 0 saturated carbocycles. The molecule has 1 fully saturated rings. The molecule has 1 aromatic heterocycles. The molecular weight excluding hydrogens is 294 g/mol. The van der Waals surface area contributed by atoms with E-state index in [1.807, 2.05) is 6.92 Å². The van der Waals surface area contributed by atoms with Gasteiger partial charge in [0.05, 0.1) is 11.5 Å². The van der Waals surface area contributed by atoms with E-state index < -0.39 is 15.6 Å². The third-order valence-electron chi connectivity index (χ3n) is 3.48. The number of aromatic nitrogens is 1. The minimum absolute atomic E-state index is 0.179. The fourth-order valence-electron chi connectivity index (χ4n) is 2.13. The van der Waals surface area contributed by atoms with Crippen molar-refractivity contribution in [3.63, 3.8) is 0 Å². The average molecular weight is 315 g/mol. The third kappa shape index (κ3) is 3.91. The smallest absolute Gasteiger partial charge is 0.240 e. The summed E-state index contributed by atoms with van der Waals surface area (Å²) in [5.41, 5.74) is -0.579. The Bertz CT molecular complexity index is 571. The number of nitrogens with zero attached hydrogens (tertiary/aromatic N) is 1. The van der Waals surface area contributed by atoms with Crippen molar-refractivity contribution in [1.82, 2.24) is 9.71 Å². The quantitative estimate of drug-likeness (QED) is 0.766. The molecule has 0 bridgehead atoms. The molecule has 1 aliphatic rings. The van der Waals surface area contributed by atoms with Crippen LogP contribution in [0.15, 0.2) is 23.2 Å². The Hall–Kier alpha value is -1.22. The van der Waals surface area contributed by atoms with Gasteiger partial charge in [-0.05, 0) is 13.0 Å². The van der Waals surface area contributed by atoms with Crippen LogP contribution < -0.4 is 10.0 Å². The highest BCUT2D eigenvalue weighted by Crippen LogP contribution is 2.22. The first-order chi connectivity index (χ1) is 10.0. The molecule has 0 spiro atoms. The minimum Gasteiger partial charge on any atom is -0.378 e. The lowest BCUT2D eigenvalue weighted by molar-refractivity contribution is -0.0120. The Kier molecular flexibility index (Phi) is 5.15. The predicted molar refractivity (Wildman–Crippen MR) is 78.8 cm³/mol. The maximum Gasteiger partial charge on any atom is 0.240 e. The largest absolute Gasteiger partial charge is 0.378 e. The van der Waals surface area contributed by atoms with E-state index in [0.29, 0.717) is 32.0 Å². The molecule has 21 heavy (non-hydrogen) atoms. The van der Waals surface area contributed by atoms with Crippen molar-refractivity contribution in [2.24, 2.45) is 0 Å². The van der Waals surface area contributed by atoms with Gasteiger partial charge in [-0.2, -0.15) is 0 Å². The van der Waals surface area contributed by atoms with Crippen molar-refractivity contribution in [1.29, 1.82) is 0 Å². The first kappa shape index (κ1) is 16.2. The molecule has 7 nitrogen and oxygen atoms in total. The van der Waals surface area contributed by atoms with Crippen molar-refractivity contribution >= 4 is 15.8 Å². The first-order valence-electron chi connectivity index (χ1n) is 6.84. The number of pyridine rings is 1. The maximum atomic E-state index is 12.3. The lowest BCUT2D eigenvalue weighted by Crippen LogP contribution is -2.44. The molecule has 0 radical (unpaired) electrons. The average Bonchev–Trinajstić information content (AvgIpc) is 2.96. The summed E-state index contributed by atoms with van der Waals surface area (Å²) >= 11 is 0. The Labute approximate surface area is 125 Å². The zero-order chi connectivity index (χ0) is 15.3. The number of hydrogen-bond donors (Lipinski definition) is 2. The molecule has 1 unspecified atom stereocenters. The summed E-state index contributed by atoms with van der Waals surface area (Å²) in [7, 11) is -2.03. The van der Waals surface area contributed by atoms with Crippen LogP contribution in [0.1, 0.15) is 13.3 Å². The van der Waals surface area contributed by atoms with Gasteiger partial charge in [-0.3, -0.25) is 0 Å². The number of sulfonamides is 1. The van der Waals surface area contributed by atoms with Crippen molar-refractivity contribution in [2.45, 2.75) is 23.8 Å². The van der Waals surface area contributed by atoms with Crippen LogP contribution in [-0.2, 0) is 19.5 Å². The molecule has 8 heteroatoms. The number of nitrogens with one attached hydrogen (secondary N) is 2.